The molecule has 0 aromatic heterocycles. The van der Waals surface area contributed by atoms with Crippen LogP contribution in [0.1, 0.15) is 26.2 Å². The number of amidine groups is 1. The van der Waals surface area contributed by atoms with Crippen LogP contribution in [-0.4, -0.2) is 48.4 Å². The molecule has 80 valence electrons. The monoisotopic (exact) mass is 195 g/mol. The summed E-state index contributed by atoms with van der Waals surface area (Å²) in [6.07, 6.45) is 3.78. The zero-order valence-corrected chi connectivity index (χ0v) is 9.13. The minimum Gasteiger partial charge on any atom is -0.358 e. The van der Waals surface area contributed by atoms with Crippen LogP contribution in [0.25, 0.3) is 0 Å². The summed E-state index contributed by atoms with van der Waals surface area (Å²) in [5.41, 5.74) is 0. The van der Waals surface area contributed by atoms with Crippen LogP contribution in [0.15, 0.2) is 0 Å². The van der Waals surface area contributed by atoms with Crippen molar-refractivity contribution in [2.45, 2.75) is 26.2 Å². The zero-order chi connectivity index (χ0) is 9.97. The van der Waals surface area contributed by atoms with Crippen molar-refractivity contribution in [3.8, 4) is 0 Å². The van der Waals surface area contributed by atoms with Gasteiger partial charge in [-0.1, -0.05) is 6.92 Å². The van der Waals surface area contributed by atoms with E-state index in [0.717, 1.165) is 31.3 Å². The Morgan fingerprint density at radius 1 is 1.21 bits per heavy atom. The van der Waals surface area contributed by atoms with Crippen molar-refractivity contribution >= 4 is 5.84 Å². The fourth-order valence-corrected chi connectivity index (χ4v) is 2.09. The maximum absolute atomic E-state index is 7.76. The first kappa shape index (κ1) is 9.97. The van der Waals surface area contributed by atoms with Gasteiger partial charge in [-0.25, -0.2) is 0 Å². The molecule has 1 saturated carbocycles. The van der Waals surface area contributed by atoms with Crippen LogP contribution in [0, 0.1) is 11.3 Å². The third-order valence-electron chi connectivity index (χ3n) is 3.30. The molecular weight excluding hydrogens is 174 g/mol. The second kappa shape index (κ2) is 4.30. The Kier molecular flexibility index (Phi) is 3.06. The molecule has 1 heterocycles. The van der Waals surface area contributed by atoms with Crippen molar-refractivity contribution in [3.05, 3.63) is 0 Å². The molecule has 0 unspecified atom stereocenters. The van der Waals surface area contributed by atoms with E-state index in [9.17, 15) is 0 Å². The maximum atomic E-state index is 7.76. The average Bonchev–Trinajstić information content (AvgIpc) is 3.02. The normalized spacial score (nSPS) is 23.9. The van der Waals surface area contributed by atoms with Gasteiger partial charge >= 0.3 is 0 Å². The summed E-state index contributed by atoms with van der Waals surface area (Å²) in [5.74, 6) is 1.82. The molecule has 3 nitrogen and oxygen atoms in total. The summed E-state index contributed by atoms with van der Waals surface area (Å²) in [7, 11) is 0. The van der Waals surface area contributed by atoms with Crippen LogP contribution in [-0.2, 0) is 0 Å². The van der Waals surface area contributed by atoms with Crippen molar-refractivity contribution in [3.63, 3.8) is 0 Å². The molecule has 0 aromatic rings. The van der Waals surface area contributed by atoms with E-state index >= 15 is 0 Å². The SMILES string of the molecule is CCC(=N)N1CCN(CC2CC2)CC1. The minimum absolute atomic E-state index is 0.816. The lowest BCUT2D eigenvalue weighted by Gasteiger charge is -2.36. The molecule has 1 aliphatic heterocycles. The lowest BCUT2D eigenvalue weighted by molar-refractivity contribution is 0.174. The van der Waals surface area contributed by atoms with Crippen LogP contribution in [0.5, 0.6) is 0 Å². The number of nitrogens with one attached hydrogen (secondary N) is 1. The van der Waals surface area contributed by atoms with Crippen LogP contribution in [0.3, 0.4) is 0 Å². The Hall–Kier alpha value is -0.570. The van der Waals surface area contributed by atoms with Gasteiger partial charge in [0.25, 0.3) is 0 Å². The summed E-state index contributed by atoms with van der Waals surface area (Å²) >= 11 is 0. The van der Waals surface area contributed by atoms with Gasteiger partial charge in [0.1, 0.15) is 0 Å². The number of rotatable bonds is 3. The van der Waals surface area contributed by atoms with E-state index in [0.29, 0.717) is 0 Å². The van der Waals surface area contributed by atoms with Crippen LogP contribution >= 0.6 is 0 Å². The molecule has 0 radical (unpaired) electrons. The van der Waals surface area contributed by atoms with Gasteiger partial charge in [-0.2, -0.15) is 0 Å². The molecule has 1 saturated heterocycles. The first-order chi connectivity index (χ1) is 6.79. The van der Waals surface area contributed by atoms with E-state index < -0.39 is 0 Å². The Bertz CT molecular complexity index is 203. The standard InChI is InChI=1S/C11H21N3/c1-2-11(12)14-7-5-13(6-8-14)9-10-3-4-10/h10,12H,2-9H2,1H3. The van der Waals surface area contributed by atoms with E-state index in [-0.39, 0.29) is 0 Å². The van der Waals surface area contributed by atoms with Gasteiger partial charge in [0.2, 0.25) is 0 Å². The molecule has 2 aliphatic rings. The molecule has 1 aliphatic carbocycles. The molecule has 0 spiro atoms. The molecule has 3 heteroatoms. The Morgan fingerprint density at radius 2 is 1.86 bits per heavy atom. The van der Waals surface area contributed by atoms with Crippen LogP contribution < -0.4 is 0 Å². The smallest absolute Gasteiger partial charge is 0.0955 e. The molecule has 0 aromatic carbocycles. The Balaban J connectivity index is 1.71. The maximum Gasteiger partial charge on any atom is 0.0955 e. The lowest BCUT2D eigenvalue weighted by atomic mass is 10.2. The van der Waals surface area contributed by atoms with Crippen molar-refractivity contribution in [2.24, 2.45) is 5.92 Å². The van der Waals surface area contributed by atoms with Gasteiger partial charge in [-0.15, -0.1) is 0 Å². The molecule has 2 fully saturated rings. The molecular formula is C11H21N3. The summed E-state index contributed by atoms with van der Waals surface area (Å²) in [4.78, 5) is 4.79. The van der Waals surface area contributed by atoms with Gasteiger partial charge in [-0.05, 0) is 18.8 Å². The van der Waals surface area contributed by atoms with Crippen LogP contribution in [0.4, 0.5) is 0 Å². The van der Waals surface area contributed by atoms with Gasteiger partial charge in [-0.3, -0.25) is 10.3 Å². The van der Waals surface area contributed by atoms with Gasteiger partial charge in [0, 0.05) is 39.1 Å². The molecule has 0 atom stereocenters. The van der Waals surface area contributed by atoms with E-state index in [4.69, 9.17) is 5.41 Å². The topological polar surface area (TPSA) is 30.3 Å². The fraction of sp³-hybridized carbons (Fsp3) is 0.909. The van der Waals surface area contributed by atoms with Crippen LogP contribution in [0.2, 0.25) is 0 Å². The minimum atomic E-state index is 0.816. The fourth-order valence-electron chi connectivity index (χ4n) is 2.09. The summed E-state index contributed by atoms with van der Waals surface area (Å²) in [6.45, 7) is 7.85. The second-order valence-corrected chi connectivity index (χ2v) is 4.53. The molecule has 1 N–H and O–H groups in total. The van der Waals surface area contributed by atoms with Gasteiger partial charge in [0.15, 0.2) is 0 Å². The quantitative estimate of drug-likeness (QED) is 0.545. The highest BCUT2D eigenvalue weighted by Crippen LogP contribution is 2.29. The number of hydrogen-bond donors (Lipinski definition) is 1. The largest absolute Gasteiger partial charge is 0.358 e. The number of nitrogens with zero attached hydrogens (tertiary/aromatic N) is 2. The predicted molar refractivity (Wildman–Crippen MR) is 58.8 cm³/mol. The molecule has 0 bridgehead atoms. The van der Waals surface area contributed by atoms with E-state index in [1.165, 1.54) is 32.5 Å². The Morgan fingerprint density at radius 3 is 2.36 bits per heavy atom. The van der Waals surface area contributed by atoms with Crippen molar-refractivity contribution in [2.75, 3.05) is 32.7 Å². The highest BCUT2D eigenvalue weighted by atomic mass is 15.3. The lowest BCUT2D eigenvalue weighted by Crippen LogP contribution is -2.48. The summed E-state index contributed by atoms with van der Waals surface area (Å²) < 4.78 is 0. The van der Waals surface area contributed by atoms with Crippen molar-refractivity contribution in [1.29, 1.82) is 5.41 Å². The number of piperazine rings is 1. The predicted octanol–water partition coefficient (Wildman–Crippen LogP) is 1.40. The molecule has 0 amide bonds. The second-order valence-electron chi connectivity index (χ2n) is 4.53. The van der Waals surface area contributed by atoms with E-state index in [1.54, 1.807) is 0 Å². The number of hydrogen-bond acceptors (Lipinski definition) is 2. The first-order valence-corrected chi connectivity index (χ1v) is 5.84. The summed E-state index contributed by atoms with van der Waals surface area (Å²) in [5, 5.41) is 7.76. The molecule has 14 heavy (non-hydrogen) atoms. The van der Waals surface area contributed by atoms with E-state index in [1.807, 2.05) is 0 Å². The van der Waals surface area contributed by atoms with Crippen molar-refractivity contribution < 1.29 is 0 Å². The van der Waals surface area contributed by atoms with E-state index in [2.05, 4.69) is 16.7 Å². The van der Waals surface area contributed by atoms with Crippen molar-refractivity contribution in [1.82, 2.24) is 9.80 Å². The Labute approximate surface area is 86.6 Å². The average molecular weight is 195 g/mol. The zero-order valence-electron chi connectivity index (χ0n) is 9.13. The van der Waals surface area contributed by atoms with Gasteiger partial charge in [0.05, 0.1) is 5.84 Å². The van der Waals surface area contributed by atoms with Gasteiger partial charge < -0.3 is 4.90 Å². The first-order valence-electron chi connectivity index (χ1n) is 5.84. The third kappa shape index (κ3) is 2.47. The highest BCUT2D eigenvalue weighted by molar-refractivity contribution is 5.78. The molecule has 2 rings (SSSR count). The summed E-state index contributed by atoms with van der Waals surface area (Å²) in [6, 6.07) is 0. The highest BCUT2D eigenvalue weighted by Gasteiger charge is 2.26. The third-order valence-corrected chi connectivity index (χ3v) is 3.30.